The molecule has 1 aliphatic rings. The maximum absolute atomic E-state index is 12.6. The molecule has 3 rings (SSSR count). The minimum absolute atomic E-state index is 0.113. The van der Waals surface area contributed by atoms with Gasteiger partial charge in [-0.05, 0) is 61.4 Å². The third kappa shape index (κ3) is 5.27. The van der Waals surface area contributed by atoms with E-state index < -0.39 is 0 Å². The van der Waals surface area contributed by atoms with Crippen LogP contribution in [-0.4, -0.2) is 61.3 Å². The maximum Gasteiger partial charge on any atom is 0.253 e. The van der Waals surface area contributed by atoms with E-state index >= 15 is 0 Å². The van der Waals surface area contributed by atoms with E-state index in [1.807, 2.05) is 40.9 Å². The van der Waals surface area contributed by atoms with Crippen molar-refractivity contribution >= 4 is 17.7 Å². The smallest absolute Gasteiger partial charge is 0.253 e. The molecule has 1 aliphatic heterocycles. The Morgan fingerprint density at radius 1 is 1.00 bits per heavy atom. The first-order valence-electron chi connectivity index (χ1n) is 9.42. The molecule has 0 spiro atoms. The van der Waals surface area contributed by atoms with Crippen LogP contribution in [0.5, 0.6) is 5.75 Å². The molecule has 0 aliphatic carbocycles. The standard InChI is InChI=1S/C22H28N2O2S/c1-17-4-9-21(16-18(17)2)27-15-14-23-10-12-24(13-11-23)22(25)19-5-7-20(26-3)8-6-19/h4-9,16H,10-15H2,1-3H3. The summed E-state index contributed by atoms with van der Waals surface area (Å²) in [6.07, 6.45) is 0. The third-order valence-corrected chi connectivity index (χ3v) is 6.13. The van der Waals surface area contributed by atoms with E-state index in [1.54, 1.807) is 7.11 Å². The fourth-order valence-electron chi connectivity index (χ4n) is 3.19. The minimum Gasteiger partial charge on any atom is -0.497 e. The second kappa shape index (κ2) is 9.29. The molecule has 2 aromatic carbocycles. The number of piperazine rings is 1. The first kappa shape index (κ1) is 19.8. The fraction of sp³-hybridized carbons (Fsp3) is 0.409. The maximum atomic E-state index is 12.6. The molecule has 144 valence electrons. The molecule has 0 aromatic heterocycles. The summed E-state index contributed by atoms with van der Waals surface area (Å²) >= 11 is 1.91. The highest BCUT2D eigenvalue weighted by molar-refractivity contribution is 7.99. The van der Waals surface area contributed by atoms with E-state index in [0.717, 1.165) is 49.8 Å². The number of thioether (sulfide) groups is 1. The first-order chi connectivity index (χ1) is 13.1. The molecule has 0 bridgehead atoms. The normalized spacial score (nSPS) is 15.0. The van der Waals surface area contributed by atoms with E-state index in [0.29, 0.717) is 0 Å². The predicted molar refractivity (Wildman–Crippen MR) is 112 cm³/mol. The summed E-state index contributed by atoms with van der Waals surface area (Å²) in [5.74, 6) is 1.97. The summed E-state index contributed by atoms with van der Waals surface area (Å²) in [4.78, 5) is 18.4. The molecular weight excluding hydrogens is 356 g/mol. The molecule has 1 fully saturated rings. The molecule has 0 saturated carbocycles. The van der Waals surface area contributed by atoms with Crippen molar-refractivity contribution in [1.82, 2.24) is 9.80 Å². The van der Waals surface area contributed by atoms with Gasteiger partial charge in [-0.25, -0.2) is 0 Å². The molecular formula is C22H28N2O2S. The summed E-state index contributed by atoms with van der Waals surface area (Å²) < 4.78 is 5.16. The van der Waals surface area contributed by atoms with Crippen LogP contribution in [0.15, 0.2) is 47.4 Å². The number of nitrogens with zero attached hydrogens (tertiary/aromatic N) is 2. The van der Waals surface area contributed by atoms with E-state index in [2.05, 4.69) is 36.9 Å². The Bertz CT molecular complexity index is 768. The predicted octanol–water partition coefficient (Wildman–Crippen LogP) is 3.86. The van der Waals surface area contributed by atoms with Gasteiger partial charge in [-0.3, -0.25) is 9.69 Å². The number of aryl methyl sites for hydroxylation is 2. The molecule has 4 nitrogen and oxygen atoms in total. The highest BCUT2D eigenvalue weighted by Crippen LogP contribution is 2.21. The Labute approximate surface area is 166 Å². The van der Waals surface area contributed by atoms with E-state index in [1.165, 1.54) is 16.0 Å². The summed E-state index contributed by atoms with van der Waals surface area (Å²) in [5.41, 5.74) is 3.43. The monoisotopic (exact) mass is 384 g/mol. The third-order valence-electron chi connectivity index (χ3n) is 5.15. The zero-order valence-corrected chi connectivity index (χ0v) is 17.2. The van der Waals surface area contributed by atoms with Gasteiger partial charge in [0.05, 0.1) is 7.11 Å². The van der Waals surface area contributed by atoms with Crippen LogP contribution < -0.4 is 4.74 Å². The molecule has 0 radical (unpaired) electrons. The van der Waals surface area contributed by atoms with Crippen LogP contribution in [-0.2, 0) is 0 Å². The Morgan fingerprint density at radius 2 is 1.70 bits per heavy atom. The van der Waals surface area contributed by atoms with Gasteiger partial charge in [0.15, 0.2) is 0 Å². The summed E-state index contributed by atoms with van der Waals surface area (Å²) in [6, 6.07) is 14.0. The summed E-state index contributed by atoms with van der Waals surface area (Å²) in [5, 5.41) is 0. The minimum atomic E-state index is 0.113. The van der Waals surface area contributed by atoms with Crippen molar-refractivity contribution in [2.75, 3.05) is 45.6 Å². The summed E-state index contributed by atoms with van der Waals surface area (Å²) in [7, 11) is 1.63. The molecule has 27 heavy (non-hydrogen) atoms. The van der Waals surface area contributed by atoms with Crippen molar-refractivity contribution in [2.45, 2.75) is 18.7 Å². The van der Waals surface area contributed by atoms with Gasteiger partial charge >= 0.3 is 0 Å². The van der Waals surface area contributed by atoms with Gasteiger partial charge < -0.3 is 9.64 Å². The lowest BCUT2D eigenvalue weighted by molar-refractivity contribution is 0.0644. The molecule has 5 heteroatoms. The quantitative estimate of drug-likeness (QED) is 0.708. The number of benzene rings is 2. The van der Waals surface area contributed by atoms with Crippen LogP contribution in [0.4, 0.5) is 0 Å². The Kier molecular flexibility index (Phi) is 6.80. The lowest BCUT2D eigenvalue weighted by Gasteiger charge is -2.34. The van der Waals surface area contributed by atoms with Crippen LogP contribution in [0.25, 0.3) is 0 Å². The van der Waals surface area contributed by atoms with Crippen LogP contribution in [0.3, 0.4) is 0 Å². The van der Waals surface area contributed by atoms with Gasteiger partial charge in [0.2, 0.25) is 0 Å². The van der Waals surface area contributed by atoms with E-state index in [4.69, 9.17) is 4.74 Å². The van der Waals surface area contributed by atoms with Crippen molar-refractivity contribution in [1.29, 1.82) is 0 Å². The number of amides is 1. The molecule has 0 N–H and O–H groups in total. The van der Waals surface area contributed by atoms with Crippen LogP contribution in [0, 0.1) is 13.8 Å². The van der Waals surface area contributed by atoms with Crippen molar-refractivity contribution in [3.05, 3.63) is 59.2 Å². The van der Waals surface area contributed by atoms with Crippen molar-refractivity contribution < 1.29 is 9.53 Å². The van der Waals surface area contributed by atoms with Crippen LogP contribution in [0.1, 0.15) is 21.5 Å². The van der Waals surface area contributed by atoms with Crippen molar-refractivity contribution in [3.8, 4) is 5.75 Å². The number of rotatable bonds is 6. The lowest BCUT2D eigenvalue weighted by atomic mass is 10.1. The lowest BCUT2D eigenvalue weighted by Crippen LogP contribution is -2.49. The van der Waals surface area contributed by atoms with Gasteiger partial charge in [0.25, 0.3) is 5.91 Å². The van der Waals surface area contributed by atoms with Crippen molar-refractivity contribution in [2.24, 2.45) is 0 Å². The second-order valence-electron chi connectivity index (χ2n) is 6.96. The van der Waals surface area contributed by atoms with Gasteiger partial charge in [0, 0.05) is 48.9 Å². The average Bonchev–Trinajstić information content (AvgIpc) is 2.71. The number of hydrogen-bond acceptors (Lipinski definition) is 4. The zero-order chi connectivity index (χ0) is 19.2. The number of carbonyl (C=O) groups is 1. The van der Waals surface area contributed by atoms with Crippen LogP contribution >= 0.6 is 11.8 Å². The molecule has 1 heterocycles. The molecule has 1 saturated heterocycles. The van der Waals surface area contributed by atoms with Gasteiger partial charge in [-0.1, -0.05) is 6.07 Å². The van der Waals surface area contributed by atoms with Crippen LogP contribution in [0.2, 0.25) is 0 Å². The first-order valence-corrected chi connectivity index (χ1v) is 10.4. The van der Waals surface area contributed by atoms with E-state index in [-0.39, 0.29) is 5.91 Å². The molecule has 2 aromatic rings. The largest absolute Gasteiger partial charge is 0.497 e. The Balaban J connectivity index is 1.42. The average molecular weight is 385 g/mol. The highest BCUT2D eigenvalue weighted by Gasteiger charge is 2.21. The number of methoxy groups -OCH3 is 1. The molecule has 1 amide bonds. The van der Waals surface area contributed by atoms with Gasteiger partial charge in [0.1, 0.15) is 5.75 Å². The zero-order valence-electron chi connectivity index (χ0n) is 16.4. The van der Waals surface area contributed by atoms with E-state index in [9.17, 15) is 4.79 Å². The second-order valence-corrected chi connectivity index (χ2v) is 8.13. The van der Waals surface area contributed by atoms with Crippen molar-refractivity contribution in [3.63, 3.8) is 0 Å². The fourth-order valence-corrected chi connectivity index (χ4v) is 4.20. The summed E-state index contributed by atoms with van der Waals surface area (Å²) in [6.45, 7) is 8.83. The van der Waals surface area contributed by atoms with Gasteiger partial charge in [-0.2, -0.15) is 0 Å². The Morgan fingerprint density at radius 3 is 2.33 bits per heavy atom. The van der Waals surface area contributed by atoms with Gasteiger partial charge in [-0.15, -0.1) is 11.8 Å². The number of hydrogen-bond donors (Lipinski definition) is 0. The SMILES string of the molecule is COc1ccc(C(=O)N2CCN(CCSc3ccc(C)c(C)c3)CC2)cc1. The molecule has 0 unspecified atom stereocenters. The topological polar surface area (TPSA) is 32.8 Å². The highest BCUT2D eigenvalue weighted by atomic mass is 32.2. The molecule has 0 atom stereocenters. The Hall–Kier alpha value is -1.98. The number of carbonyl (C=O) groups excluding carboxylic acids is 1. The number of ether oxygens (including phenoxy) is 1.